The molecule has 3 aromatic heterocycles. The van der Waals surface area contributed by atoms with E-state index < -0.39 is 41.3 Å². The van der Waals surface area contributed by atoms with E-state index in [-0.39, 0.29) is 34.4 Å². The summed E-state index contributed by atoms with van der Waals surface area (Å²) in [4.78, 5) is 41.4. The number of hydrogen-bond acceptors (Lipinski definition) is 7. The lowest BCUT2D eigenvalue weighted by atomic mass is 10.1. The number of carbonyl (C=O) groups is 2. The van der Waals surface area contributed by atoms with E-state index >= 15 is 0 Å². The maximum atomic E-state index is 13.1. The first-order valence-corrected chi connectivity index (χ1v) is 10.5. The first-order chi connectivity index (χ1) is 16.2. The van der Waals surface area contributed by atoms with Gasteiger partial charge in [0, 0.05) is 32.1 Å². The van der Waals surface area contributed by atoms with Crippen LogP contribution < -0.4 is 5.32 Å². The van der Waals surface area contributed by atoms with Gasteiger partial charge in [-0.1, -0.05) is 0 Å². The van der Waals surface area contributed by atoms with Crippen molar-refractivity contribution in [2.24, 2.45) is 0 Å². The normalized spacial score (nSPS) is 12.8. The van der Waals surface area contributed by atoms with Gasteiger partial charge in [0.25, 0.3) is 11.8 Å². The molecular formula is C20H16F6N6O2S. The van der Waals surface area contributed by atoms with Crippen molar-refractivity contribution in [3.05, 3.63) is 58.2 Å². The summed E-state index contributed by atoms with van der Waals surface area (Å²) in [5, 5.41) is 2.61. The quantitative estimate of drug-likeness (QED) is 0.508. The number of aromatic nitrogens is 4. The molecule has 1 N–H and O–H groups in total. The van der Waals surface area contributed by atoms with Crippen molar-refractivity contribution < 1.29 is 35.9 Å². The number of hydrogen-bond donors (Lipinski definition) is 1. The Labute approximate surface area is 198 Å². The standard InChI is InChI=1S/C20H16F6N6O2S/c1-9(14-15(28-5-4-27-14)17-29-8-11(35-17)18(34)32(2)3)30-16(33)10-6-12(19(21,22)23)31-13(7-10)20(24,25)26/h4-9H,1-3H3,(H,30,33)/t9-/m0/s1. The van der Waals surface area contributed by atoms with Crippen molar-refractivity contribution >= 4 is 23.2 Å². The van der Waals surface area contributed by atoms with Gasteiger partial charge >= 0.3 is 12.4 Å². The minimum absolute atomic E-state index is 0.139. The van der Waals surface area contributed by atoms with E-state index in [9.17, 15) is 35.9 Å². The Morgan fingerprint density at radius 2 is 1.54 bits per heavy atom. The number of thiazole rings is 1. The Kier molecular flexibility index (Phi) is 7.10. The van der Waals surface area contributed by atoms with Gasteiger partial charge in [-0.15, -0.1) is 11.3 Å². The molecule has 2 amide bonds. The lowest BCUT2D eigenvalue weighted by Crippen LogP contribution is -2.29. The fraction of sp³-hybridized carbons (Fsp3) is 0.300. The van der Waals surface area contributed by atoms with E-state index in [2.05, 4.69) is 25.3 Å². The molecule has 0 saturated heterocycles. The van der Waals surface area contributed by atoms with Crippen molar-refractivity contribution in [1.29, 1.82) is 0 Å². The molecule has 0 unspecified atom stereocenters. The number of rotatable bonds is 5. The molecule has 0 aliphatic heterocycles. The molecule has 0 spiro atoms. The predicted molar refractivity (Wildman–Crippen MR) is 111 cm³/mol. The molecule has 0 fully saturated rings. The van der Waals surface area contributed by atoms with Gasteiger partial charge in [-0.3, -0.25) is 19.6 Å². The van der Waals surface area contributed by atoms with Crippen molar-refractivity contribution in [3.8, 4) is 10.7 Å². The van der Waals surface area contributed by atoms with Crippen LogP contribution in [0.3, 0.4) is 0 Å². The highest BCUT2D eigenvalue weighted by atomic mass is 32.1. The molecule has 8 nitrogen and oxygen atoms in total. The third-order valence-corrected chi connectivity index (χ3v) is 5.47. The molecule has 0 saturated carbocycles. The first kappa shape index (κ1) is 26.0. The fourth-order valence-corrected chi connectivity index (χ4v) is 3.78. The van der Waals surface area contributed by atoms with Gasteiger partial charge in [0.1, 0.15) is 27.0 Å². The average Bonchev–Trinajstić information content (AvgIpc) is 3.27. The minimum atomic E-state index is -5.20. The Morgan fingerprint density at radius 1 is 0.971 bits per heavy atom. The van der Waals surface area contributed by atoms with Crippen LogP contribution in [0.2, 0.25) is 0 Å². The number of halogens is 6. The fourth-order valence-electron chi connectivity index (χ4n) is 2.83. The number of pyridine rings is 1. The lowest BCUT2D eigenvalue weighted by Gasteiger charge is -2.17. The summed E-state index contributed by atoms with van der Waals surface area (Å²) < 4.78 is 78.4. The van der Waals surface area contributed by atoms with Crippen LogP contribution in [0.15, 0.2) is 30.7 Å². The highest BCUT2D eigenvalue weighted by Crippen LogP contribution is 2.34. The monoisotopic (exact) mass is 518 g/mol. The van der Waals surface area contributed by atoms with E-state index in [0.717, 1.165) is 11.3 Å². The molecule has 0 aliphatic carbocycles. The summed E-state index contributed by atoms with van der Waals surface area (Å²) in [6.45, 7) is 1.42. The molecule has 0 radical (unpaired) electrons. The van der Waals surface area contributed by atoms with Crippen LogP contribution in [0.25, 0.3) is 10.7 Å². The lowest BCUT2D eigenvalue weighted by molar-refractivity contribution is -0.150. The summed E-state index contributed by atoms with van der Waals surface area (Å²) in [5.74, 6) is -1.52. The highest BCUT2D eigenvalue weighted by molar-refractivity contribution is 7.16. The molecule has 186 valence electrons. The van der Waals surface area contributed by atoms with Gasteiger partial charge in [0.05, 0.1) is 17.9 Å². The highest BCUT2D eigenvalue weighted by Gasteiger charge is 2.39. The van der Waals surface area contributed by atoms with Crippen LogP contribution in [0, 0.1) is 0 Å². The van der Waals surface area contributed by atoms with E-state index in [0.29, 0.717) is 4.88 Å². The number of amides is 2. The Bertz CT molecular complexity index is 1230. The maximum Gasteiger partial charge on any atom is 0.433 e. The van der Waals surface area contributed by atoms with Gasteiger partial charge < -0.3 is 10.2 Å². The molecule has 15 heteroatoms. The summed E-state index contributed by atoms with van der Waals surface area (Å²) in [5.41, 5.74) is -4.27. The third-order valence-electron chi connectivity index (χ3n) is 4.48. The zero-order chi connectivity index (χ0) is 26.1. The van der Waals surface area contributed by atoms with Crippen LogP contribution >= 0.6 is 11.3 Å². The van der Waals surface area contributed by atoms with Gasteiger partial charge in [-0.2, -0.15) is 26.3 Å². The molecule has 3 rings (SSSR count). The van der Waals surface area contributed by atoms with Crippen LogP contribution in [0.4, 0.5) is 26.3 Å². The second kappa shape index (κ2) is 9.56. The van der Waals surface area contributed by atoms with Crippen molar-refractivity contribution in [1.82, 2.24) is 30.2 Å². The molecule has 0 aromatic carbocycles. The van der Waals surface area contributed by atoms with Gasteiger partial charge in [0.15, 0.2) is 0 Å². The third kappa shape index (κ3) is 5.90. The van der Waals surface area contributed by atoms with Crippen LogP contribution in [0.1, 0.15) is 50.1 Å². The largest absolute Gasteiger partial charge is 0.433 e. The van der Waals surface area contributed by atoms with E-state index in [1.54, 1.807) is 14.1 Å². The van der Waals surface area contributed by atoms with Crippen molar-refractivity contribution in [2.45, 2.75) is 25.3 Å². The Hall–Kier alpha value is -3.62. The smallest absolute Gasteiger partial charge is 0.344 e. The van der Waals surface area contributed by atoms with Crippen LogP contribution in [0.5, 0.6) is 0 Å². The molecule has 35 heavy (non-hydrogen) atoms. The van der Waals surface area contributed by atoms with Crippen LogP contribution in [-0.2, 0) is 12.4 Å². The maximum absolute atomic E-state index is 13.1. The molecule has 1 atom stereocenters. The number of alkyl halides is 6. The Morgan fingerprint density at radius 3 is 2.09 bits per heavy atom. The SMILES string of the molecule is C[C@H](NC(=O)c1cc(C(F)(F)F)nc(C(F)(F)F)c1)c1nccnc1-c1ncc(C(=O)N(C)C)s1. The number of nitrogens with zero attached hydrogens (tertiary/aromatic N) is 5. The molecule has 0 bridgehead atoms. The van der Waals surface area contributed by atoms with Crippen molar-refractivity contribution in [2.75, 3.05) is 14.1 Å². The molecular weight excluding hydrogens is 502 g/mol. The average molecular weight is 518 g/mol. The second-order valence-corrected chi connectivity index (χ2v) is 8.37. The molecule has 3 aromatic rings. The summed E-state index contributed by atoms with van der Waals surface area (Å²) in [6, 6.07) is -0.538. The van der Waals surface area contributed by atoms with Crippen LogP contribution in [-0.4, -0.2) is 50.7 Å². The van der Waals surface area contributed by atoms with Gasteiger partial charge in [-0.05, 0) is 19.1 Å². The first-order valence-electron chi connectivity index (χ1n) is 9.64. The summed E-state index contributed by atoms with van der Waals surface area (Å²) in [6.07, 6.45) is -6.45. The van der Waals surface area contributed by atoms with Gasteiger partial charge in [-0.25, -0.2) is 9.97 Å². The number of carbonyl (C=O) groups excluding carboxylic acids is 2. The second-order valence-electron chi connectivity index (χ2n) is 7.34. The van der Waals surface area contributed by atoms with E-state index in [4.69, 9.17) is 0 Å². The topological polar surface area (TPSA) is 101 Å². The number of nitrogens with one attached hydrogen (secondary N) is 1. The summed E-state index contributed by atoms with van der Waals surface area (Å²) in [7, 11) is 3.11. The predicted octanol–water partition coefficient (Wildman–Crippen LogP) is 4.23. The zero-order valence-corrected chi connectivity index (χ0v) is 19.0. The molecule has 0 aliphatic rings. The zero-order valence-electron chi connectivity index (χ0n) is 18.2. The van der Waals surface area contributed by atoms with Gasteiger partial charge in [0.2, 0.25) is 0 Å². The Balaban J connectivity index is 1.93. The van der Waals surface area contributed by atoms with Crippen molar-refractivity contribution in [3.63, 3.8) is 0 Å². The summed E-state index contributed by atoms with van der Waals surface area (Å²) >= 11 is 1.00. The van der Waals surface area contributed by atoms with E-state index in [1.807, 2.05) is 0 Å². The molecule has 3 heterocycles. The van der Waals surface area contributed by atoms with E-state index in [1.165, 1.54) is 30.4 Å². The minimum Gasteiger partial charge on any atom is -0.344 e.